The third kappa shape index (κ3) is 3.30. The number of carbonyl (C=O) groups is 1. The molecule has 21 heavy (non-hydrogen) atoms. The number of carboxylic acid groups (broad SMARTS) is 1. The van der Waals surface area contributed by atoms with Gasteiger partial charge in [-0.1, -0.05) is 0 Å². The highest BCUT2D eigenvalue weighted by Gasteiger charge is 2.38. The van der Waals surface area contributed by atoms with Gasteiger partial charge in [-0.25, -0.2) is 4.98 Å². The maximum absolute atomic E-state index is 12.1. The van der Waals surface area contributed by atoms with Gasteiger partial charge >= 0.3 is 5.97 Å². The number of H-pyrrole nitrogens is 1. The van der Waals surface area contributed by atoms with Crippen molar-refractivity contribution < 1.29 is 19.4 Å². The summed E-state index contributed by atoms with van der Waals surface area (Å²) >= 11 is 0. The van der Waals surface area contributed by atoms with Crippen molar-refractivity contribution in [1.29, 1.82) is 0 Å². The number of hydrogen-bond donors (Lipinski definition) is 2. The van der Waals surface area contributed by atoms with Gasteiger partial charge in [-0.2, -0.15) is 0 Å². The second-order valence-corrected chi connectivity index (χ2v) is 5.09. The first-order valence-corrected chi connectivity index (χ1v) is 7.02. The maximum Gasteiger partial charge on any atom is 0.308 e. The third-order valence-corrected chi connectivity index (χ3v) is 3.70. The molecule has 0 amide bonds. The lowest BCUT2D eigenvalue weighted by Gasteiger charge is -2.36. The van der Waals surface area contributed by atoms with Gasteiger partial charge in [0.25, 0.3) is 5.56 Å². The smallest absolute Gasteiger partial charge is 0.308 e. The van der Waals surface area contributed by atoms with E-state index in [1.807, 2.05) is 6.92 Å². The first-order chi connectivity index (χ1) is 9.98. The second-order valence-electron chi connectivity index (χ2n) is 5.09. The number of ether oxygens (including phenoxy) is 2. The van der Waals surface area contributed by atoms with Crippen molar-refractivity contribution in [1.82, 2.24) is 9.97 Å². The number of nitrogens with zero attached hydrogens (tertiary/aromatic N) is 1. The van der Waals surface area contributed by atoms with E-state index in [1.165, 1.54) is 0 Å². The highest BCUT2D eigenvalue weighted by molar-refractivity contribution is 5.70. The zero-order chi connectivity index (χ0) is 15.5. The molecule has 1 aromatic heterocycles. The van der Waals surface area contributed by atoms with Crippen LogP contribution in [0.5, 0.6) is 0 Å². The Morgan fingerprint density at radius 3 is 2.67 bits per heavy atom. The van der Waals surface area contributed by atoms with Crippen LogP contribution in [0, 0.1) is 6.92 Å². The summed E-state index contributed by atoms with van der Waals surface area (Å²) < 4.78 is 11.2. The number of aryl methyl sites for hydroxylation is 1. The second kappa shape index (κ2) is 6.36. The van der Waals surface area contributed by atoms with Crippen LogP contribution in [0.15, 0.2) is 4.79 Å². The summed E-state index contributed by atoms with van der Waals surface area (Å²) in [5, 5.41) is 8.85. The van der Waals surface area contributed by atoms with Crippen LogP contribution < -0.4 is 5.56 Å². The van der Waals surface area contributed by atoms with Crippen molar-refractivity contribution in [2.45, 2.75) is 38.7 Å². The molecule has 0 aliphatic carbocycles. The Morgan fingerprint density at radius 1 is 1.48 bits per heavy atom. The fourth-order valence-corrected chi connectivity index (χ4v) is 2.61. The molecule has 1 fully saturated rings. The standard InChI is InChI=1S/C14H20N2O5/c1-3-21-14(4-6-20-7-5-14)13-15-9(2)10(8-11(17)18)12(19)16-13/h3-8H2,1-2H3,(H,17,18)(H,15,16,19). The molecule has 1 aliphatic heterocycles. The van der Waals surface area contributed by atoms with Crippen molar-refractivity contribution in [3.8, 4) is 0 Å². The molecule has 2 heterocycles. The number of aromatic nitrogens is 2. The van der Waals surface area contributed by atoms with E-state index in [0.717, 1.165) is 0 Å². The SMILES string of the molecule is CCOC1(c2nc(C)c(CC(=O)O)c(=O)[nH]2)CCOCC1. The zero-order valence-electron chi connectivity index (χ0n) is 12.3. The molecule has 0 saturated carbocycles. The number of nitrogens with one attached hydrogen (secondary N) is 1. The van der Waals surface area contributed by atoms with Gasteiger partial charge < -0.3 is 19.6 Å². The lowest BCUT2D eigenvalue weighted by Crippen LogP contribution is -2.40. The van der Waals surface area contributed by atoms with E-state index in [0.29, 0.717) is 44.2 Å². The number of aliphatic carboxylic acids is 1. The van der Waals surface area contributed by atoms with E-state index < -0.39 is 17.1 Å². The van der Waals surface area contributed by atoms with E-state index in [4.69, 9.17) is 14.6 Å². The summed E-state index contributed by atoms with van der Waals surface area (Å²) in [5.74, 6) is -0.590. The summed E-state index contributed by atoms with van der Waals surface area (Å²) in [6, 6.07) is 0. The molecule has 0 radical (unpaired) electrons. The molecule has 7 nitrogen and oxygen atoms in total. The molecule has 1 aliphatic rings. The fraction of sp³-hybridized carbons (Fsp3) is 0.643. The molecule has 7 heteroatoms. The number of aromatic amines is 1. The molecule has 0 bridgehead atoms. The summed E-state index contributed by atoms with van der Waals surface area (Å²) in [7, 11) is 0. The van der Waals surface area contributed by atoms with Crippen molar-refractivity contribution >= 4 is 5.97 Å². The summed E-state index contributed by atoms with van der Waals surface area (Å²) in [5.41, 5.74) is -0.448. The molecule has 0 atom stereocenters. The first-order valence-electron chi connectivity index (χ1n) is 7.02. The van der Waals surface area contributed by atoms with Crippen molar-refractivity contribution in [2.75, 3.05) is 19.8 Å². The van der Waals surface area contributed by atoms with Gasteiger partial charge in [0.15, 0.2) is 0 Å². The maximum atomic E-state index is 12.1. The molecular weight excluding hydrogens is 276 g/mol. The summed E-state index contributed by atoms with van der Waals surface area (Å²) in [6.45, 7) is 5.12. The third-order valence-electron chi connectivity index (χ3n) is 3.70. The first kappa shape index (κ1) is 15.7. The molecule has 2 N–H and O–H groups in total. The predicted molar refractivity (Wildman–Crippen MR) is 74.3 cm³/mol. The Balaban J connectivity index is 2.43. The molecule has 0 spiro atoms. The van der Waals surface area contributed by atoms with Crippen LogP contribution in [0.3, 0.4) is 0 Å². The van der Waals surface area contributed by atoms with Crippen LogP contribution in [0.2, 0.25) is 0 Å². The van der Waals surface area contributed by atoms with Crippen LogP contribution in [0.4, 0.5) is 0 Å². The largest absolute Gasteiger partial charge is 0.481 e. The topological polar surface area (TPSA) is 102 Å². The Labute approximate surface area is 122 Å². The fourth-order valence-electron chi connectivity index (χ4n) is 2.61. The molecule has 1 aromatic rings. The minimum Gasteiger partial charge on any atom is -0.481 e. The minimum atomic E-state index is -1.05. The molecule has 0 unspecified atom stereocenters. The van der Waals surface area contributed by atoms with Gasteiger partial charge in [0.1, 0.15) is 11.4 Å². The monoisotopic (exact) mass is 296 g/mol. The minimum absolute atomic E-state index is 0.185. The lowest BCUT2D eigenvalue weighted by molar-refractivity contribution is -0.136. The van der Waals surface area contributed by atoms with Crippen molar-refractivity contribution in [3.63, 3.8) is 0 Å². The van der Waals surface area contributed by atoms with Gasteiger partial charge in [-0.15, -0.1) is 0 Å². The van der Waals surface area contributed by atoms with Crippen LogP contribution >= 0.6 is 0 Å². The highest BCUT2D eigenvalue weighted by Crippen LogP contribution is 2.33. The average Bonchev–Trinajstić information content (AvgIpc) is 2.44. The lowest BCUT2D eigenvalue weighted by atomic mass is 9.92. The summed E-state index contributed by atoms with van der Waals surface area (Å²) in [6.07, 6.45) is 0.891. The predicted octanol–water partition coefficient (Wildman–Crippen LogP) is 0.748. The van der Waals surface area contributed by atoms with E-state index in [2.05, 4.69) is 9.97 Å². The number of carboxylic acids is 1. The van der Waals surface area contributed by atoms with Crippen molar-refractivity contribution in [2.24, 2.45) is 0 Å². The van der Waals surface area contributed by atoms with E-state index >= 15 is 0 Å². The van der Waals surface area contributed by atoms with Crippen molar-refractivity contribution in [3.05, 3.63) is 27.4 Å². The van der Waals surface area contributed by atoms with Gasteiger partial charge in [0, 0.05) is 43.9 Å². The molecule has 116 valence electrons. The van der Waals surface area contributed by atoms with Gasteiger partial charge in [-0.3, -0.25) is 9.59 Å². The normalized spacial score (nSPS) is 17.6. The molecule has 1 saturated heterocycles. The Kier molecular flexibility index (Phi) is 4.74. The zero-order valence-corrected chi connectivity index (χ0v) is 12.3. The molecular formula is C14H20N2O5. The Bertz CT molecular complexity index is 570. The van der Waals surface area contributed by atoms with Gasteiger partial charge in [-0.05, 0) is 13.8 Å². The molecule has 0 aromatic carbocycles. The quantitative estimate of drug-likeness (QED) is 0.831. The van der Waals surface area contributed by atoms with E-state index in [1.54, 1.807) is 6.92 Å². The van der Waals surface area contributed by atoms with Crippen LogP contribution in [-0.2, 0) is 26.3 Å². The molecule has 2 rings (SSSR count). The van der Waals surface area contributed by atoms with Crippen LogP contribution in [0.25, 0.3) is 0 Å². The Hall–Kier alpha value is -1.73. The van der Waals surface area contributed by atoms with E-state index in [9.17, 15) is 9.59 Å². The number of rotatable bonds is 5. The summed E-state index contributed by atoms with van der Waals surface area (Å²) in [4.78, 5) is 30.1. The number of hydrogen-bond acceptors (Lipinski definition) is 5. The van der Waals surface area contributed by atoms with Crippen LogP contribution in [-0.4, -0.2) is 40.9 Å². The average molecular weight is 296 g/mol. The van der Waals surface area contributed by atoms with Crippen LogP contribution in [0.1, 0.15) is 36.8 Å². The van der Waals surface area contributed by atoms with E-state index in [-0.39, 0.29) is 12.0 Å². The van der Waals surface area contributed by atoms with Gasteiger partial charge in [0.2, 0.25) is 0 Å². The Morgan fingerprint density at radius 2 is 2.14 bits per heavy atom. The van der Waals surface area contributed by atoms with Gasteiger partial charge in [0.05, 0.1) is 6.42 Å². The highest BCUT2D eigenvalue weighted by atomic mass is 16.5.